The molecular formula is C16H14O3. The van der Waals surface area contributed by atoms with Crippen LogP contribution in [0.1, 0.15) is 34.1 Å². The van der Waals surface area contributed by atoms with Crippen LogP contribution in [0.25, 0.3) is 11.1 Å². The molecule has 0 saturated heterocycles. The summed E-state index contributed by atoms with van der Waals surface area (Å²) in [6, 6.07) is 12.1. The van der Waals surface area contributed by atoms with Gasteiger partial charge in [0, 0.05) is 12.0 Å². The molecule has 0 saturated carbocycles. The summed E-state index contributed by atoms with van der Waals surface area (Å²) in [7, 11) is 0. The quantitative estimate of drug-likeness (QED) is 0.671. The largest absolute Gasteiger partial charge is 0.507 e. The van der Waals surface area contributed by atoms with Crippen LogP contribution >= 0.6 is 0 Å². The summed E-state index contributed by atoms with van der Waals surface area (Å²) < 4.78 is 0. The molecule has 0 amide bonds. The number of phenols is 1. The van der Waals surface area contributed by atoms with Gasteiger partial charge in [-0.2, -0.15) is 0 Å². The average molecular weight is 254 g/mol. The number of benzene rings is 2. The van der Waals surface area contributed by atoms with Crippen molar-refractivity contribution in [2.45, 2.75) is 13.3 Å². The number of carbonyl (C=O) groups is 2. The third kappa shape index (κ3) is 2.71. The van der Waals surface area contributed by atoms with Crippen molar-refractivity contribution < 1.29 is 14.7 Å². The molecule has 0 bridgehead atoms. The lowest BCUT2D eigenvalue weighted by molar-refractivity contribution is 0.0987. The maximum atomic E-state index is 11.7. The Balaban J connectivity index is 2.47. The molecule has 0 heterocycles. The molecule has 2 aromatic carbocycles. The van der Waals surface area contributed by atoms with Crippen LogP contribution in [-0.4, -0.2) is 17.2 Å². The number of aldehydes is 1. The Bertz CT molecular complexity index is 630. The van der Waals surface area contributed by atoms with Crippen LogP contribution in [0, 0.1) is 0 Å². The monoisotopic (exact) mass is 254 g/mol. The molecule has 3 heteroatoms. The minimum atomic E-state index is -0.0421. The highest BCUT2D eigenvalue weighted by Crippen LogP contribution is 2.25. The second kappa shape index (κ2) is 5.48. The van der Waals surface area contributed by atoms with Crippen LogP contribution < -0.4 is 0 Å². The fraction of sp³-hybridized carbons (Fsp3) is 0.125. The Hall–Kier alpha value is -2.42. The molecular weight excluding hydrogens is 240 g/mol. The molecule has 0 spiro atoms. The van der Waals surface area contributed by atoms with Crippen LogP contribution in [0.3, 0.4) is 0 Å². The van der Waals surface area contributed by atoms with Gasteiger partial charge in [-0.15, -0.1) is 0 Å². The van der Waals surface area contributed by atoms with Crippen molar-refractivity contribution in [1.82, 2.24) is 0 Å². The van der Waals surface area contributed by atoms with Gasteiger partial charge in [-0.05, 0) is 29.3 Å². The lowest BCUT2D eigenvalue weighted by Gasteiger charge is -2.06. The van der Waals surface area contributed by atoms with Crippen LogP contribution in [-0.2, 0) is 0 Å². The van der Waals surface area contributed by atoms with Gasteiger partial charge in [-0.1, -0.05) is 31.2 Å². The molecule has 0 atom stereocenters. The SMILES string of the molecule is CCC(=O)c1cccc(-c2ccc(O)c(C=O)c2)c1. The number of phenolic OH excluding ortho intramolecular Hbond substituents is 1. The normalized spacial score (nSPS) is 10.2. The van der Waals surface area contributed by atoms with Gasteiger partial charge in [0.05, 0.1) is 5.56 Å². The van der Waals surface area contributed by atoms with E-state index in [0.717, 1.165) is 11.1 Å². The van der Waals surface area contributed by atoms with E-state index < -0.39 is 0 Å². The summed E-state index contributed by atoms with van der Waals surface area (Å²) in [5, 5.41) is 9.48. The highest BCUT2D eigenvalue weighted by atomic mass is 16.3. The van der Waals surface area contributed by atoms with E-state index in [4.69, 9.17) is 0 Å². The van der Waals surface area contributed by atoms with E-state index in [-0.39, 0.29) is 17.1 Å². The van der Waals surface area contributed by atoms with Crippen molar-refractivity contribution in [3.05, 3.63) is 53.6 Å². The minimum absolute atomic E-state index is 0.0421. The summed E-state index contributed by atoms with van der Waals surface area (Å²) in [5.41, 5.74) is 2.54. The lowest BCUT2D eigenvalue weighted by atomic mass is 9.99. The standard InChI is InChI=1S/C16H14O3/c1-2-15(18)13-5-3-4-11(8-13)12-6-7-16(19)14(9-12)10-17/h3-10,19H,2H2,1H3. The molecule has 0 unspecified atom stereocenters. The van der Waals surface area contributed by atoms with E-state index in [1.54, 1.807) is 24.3 Å². The molecule has 2 rings (SSSR count). The second-order valence-electron chi connectivity index (χ2n) is 4.25. The Morgan fingerprint density at radius 2 is 1.89 bits per heavy atom. The fourth-order valence-electron chi connectivity index (χ4n) is 1.90. The first kappa shape index (κ1) is 13.0. The highest BCUT2D eigenvalue weighted by Gasteiger charge is 2.07. The van der Waals surface area contributed by atoms with E-state index in [0.29, 0.717) is 18.3 Å². The molecule has 2 aromatic rings. The Kier molecular flexibility index (Phi) is 3.76. The zero-order valence-electron chi connectivity index (χ0n) is 10.6. The highest BCUT2D eigenvalue weighted by molar-refractivity contribution is 5.97. The van der Waals surface area contributed by atoms with Crippen LogP contribution in [0.15, 0.2) is 42.5 Å². The van der Waals surface area contributed by atoms with Crippen molar-refractivity contribution in [3.63, 3.8) is 0 Å². The summed E-state index contributed by atoms with van der Waals surface area (Å²) >= 11 is 0. The van der Waals surface area contributed by atoms with Crippen molar-refractivity contribution in [3.8, 4) is 16.9 Å². The van der Waals surface area contributed by atoms with Gasteiger partial charge < -0.3 is 5.11 Å². The van der Waals surface area contributed by atoms with Crippen LogP contribution in [0.4, 0.5) is 0 Å². The molecule has 3 nitrogen and oxygen atoms in total. The van der Waals surface area contributed by atoms with Gasteiger partial charge in [-0.3, -0.25) is 9.59 Å². The molecule has 96 valence electrons. The molecule has 19 heavy (non-hydrogen) atoms. The number of aromatic hydroxyl groups is 1. The van der Waals surface area contributed by atoms with Crippen LogP contribution in [0.5, 0.6) is 5.75 Å². The summed E-state index contributed by atoms with van der Waals surface area (Å²) in [6.07, 6.45) is 1.07. The molecule has 0 aliphatic carbocycles. The third-order valence-electron chi connectivity index (χ3n) is 2.99. The molecule has 0 aliphatic heterocycles. The van der Waals surface area contributed by atoms with Crippen molar-refractivity contribution >= 4 is 12.1 Å². The van der Waals surface area contributed by atoms with Crippen molar-refractivity contribution in [2.24, 2.45) is 0 Å². The molecule has 0 radical (unpaired) electrons. The Morgan fingerprint density at radius 3 is 2.58 bits per heavy atom. The van der Waals surface area contributed by atoms with Gasteiger partial charge in [0.15, 0.2) is 12.1 Å². The predicted octanol–water partition coefficient (Wildman–Crippen LogP) is 3.46. The average Bonchev–Trinajstić information content (AvgIpc) is 2.47. The van der Waals surface area contributed by atoms with Crippen molar-refractivity contribution in [2.75, 3.05) is 0 Å². The molecule has 0 aliphatic rings. The smallest absolute Gasteiger partial charge is 0.162 e. The van der Waals surface area contributed by atoms with Gasteiger partial charge >= 0.3 is 0 Å². The first-order chi connectivity index (χ1) is 9.15. The Labute approximate surface area is 111 Å². The third-order valence-corrected chi connectivity index (χ3v) is 2.99. The van der Waals surface area contributed by atoms with E-state index in [9.17, 15) is 14.7 Å². The number of Topliss-reactive ketones (excluding diaryl/α,β-unsaturated/α-hetero) is 1. The lowest BCUT2D eigenvalue weighted by Crippen LogP contribution is -1.96. The van der Waals surface area contributed by atoms with Crippen molar-refractivity contribution in [1.29, 1.82) is 0 Å². The molecule has 0 fully saturated rings. The Morgan fingerprint density at radius 1 is 1.16 bits per heavy atom. The molecule has 1 N–H and O–H groups in total. The number of rotatable bonds is 4. The number of hydrogen-bond donors (Lipinski definition) is 1. The van der Waals surface area contributed by atoms with Crippen LogP contribution in [0.2, 0.25) is 0 Å². The van der Waals surface area contributed by atoms with E-state index in [2.05, 4.69) is 0 Å². The number of ketones is 1. The zero-order valence-corrected chi connectivity index (χ0v) is 10.6. The number of carbonyl (C=O) groups excluding carboxylic acids is 2. The topological polar surface area (TPSA) is 54.4 Å². The molecule has 0 aromatic heterocycles. The van der Waals surface area contributed by atoms with E-state index in [1.165, 1.54) is 6.07 Å². The predicted molar refractivity (Wildman–Crippen MR) is 73.6 cm³/mol. The summed E-state index contributed by atoms with van der Waals surface area (Å²) in [4.78, 5) is 22.5. The zero-order chi connectivity index (χ0) is 13.8. The summed E-state index contributed by atoms with van der Waals surface area (Å²) in [5.74, 6) is 0.0378. The van der Waals surface area contributed by atoms with E-state index in [1.807, 2.05) is 19.1 Å². The first-order valence-electron chi connectivity index (χ1n) is 6.07. The maximum Gasteiger partial charge on any atom is 0.162 e. The number of hydrogen-bond acceptors (Lipinski definition) is 3. The van der Waals surface area contributed by atoms with Gasteiger partial charge in [-0.25, -0.2) is 0 Å². The van der Waals surface area contributed by atoms with Gasteiger partial charge in [0.1, 0.15) is 5.75 Å². The second-order valence-corrected chi connectivity index (χ2v) is 4.25. The summed E-state index contributed by atoms with van der Waals surface area (Å²) in [6.45, 7) is 1.82. The maximum absolute atomic E-state index is 11.7. The van der Waals surface area contributed by atoms with E-state index >= 15 is 0 Å². The van der Waals surface area contributed by atoms with Gasteiger partial charge in [0.2, 0.25) is 0 Å². The first-order valence-corrected chi connectivity index (χ1v) is 6.07. The minimum Gasteiger partial charge on any atom is -0.507 e. The fourth-order valence-corrected chi connectivity index (χ4v) is 1.90. The van der Waals surface area contributed by atoms with Gasteiger partial charge in [0.25, 0.3) is 0 Å².